The van der Waals surface area contributed by atoms with Crippen LogP contribution in [-0.2, 0) is 24.2 Å². The summed E-state index contributed by atoms with van der Waals surface area (Å²) in [4.78, 5) is 21.4. The molecule has 228 valence electrons. The Balaban J connectivity index is 0.00000384. The highest BCUT2D eigenvalue weighted by Gasteiger charge is 2.29. The van der Waals surface area contributed by atoms with E-state index in [4.69, 9.17) is 9.47 Å². The number of methoxy groups -OCH3 is 1. The predicted octanol–water partition coefficient (Wildman–Crippen LogP) is 7.54. The maximum atomic E-state index is 13.8. The van der Waals surface area contributed by atoms with E-state index in [9.17, 15) is 4.79 Å². The van der Waals surface area contributed by atoms with Gasteiger partial charge in [-0.05, 0) is 84.9 Å². The van der Waals surface area contributed by atoms with Gasteiger partial charge < -0.3 is 24.3 Å². The number of aromatic amines is 1. The largest absolute Gasteiger partial charge is 0.497 e. The summed E-state index contributed by atoms with van der Waals surface area (Å²) in [7, 11) is 5.86. The Morgan fingerprint density at radius 3 is 2.43 bits per heavy atom. The Morgan fingerprint density at radius 1 is 0.932 bits per heavy atom. The van der Waals surface area contributed by atoms with Gasteiger partial charge in [0.2, 0.25) is 5.91 Å². The van der Waals surface area contributed by atoms with Crippen molar-refractivity contribution in [3.8, 4) is 22.6 Å². The van der Waals surface area contributed by atoms with Gasteiger partial charge in [-0.15, -0.1) is 12.4 Å². The van der Waals surface area contributed by atoms with Crippen LogP contribution < -0.4 is 14.4 Å². The van der Waals surface area contributed by atoms with Crippen LogP contribution in [0.2, 0.25) is 0 Å². The zero-order valence-corrected chi connectivity index (χ0v) is 26.4. The second-order valence-corrected chi connectivity index (χ2v) is 11.7. The van der Waals surface area contributed by atoms with E-state index in [1.807, 2.05) is 47.5 Å². The van der Waals surface area contributed by atoms with E-state index in [0.717, 1.165) is 52.2 Å². The molecule has 1 aliphatic rings. The van der Waals surface area contributed by atoms with E-state index in [0.29, 0.717) is 31.9 Å². The number of ether oxygens (including phenoxy) is 2. The number of amides is 1. The maximum Gasteiger partial charge on any atom is 0.227 e. The molecule has 1 N–H and O–H groups in total. The fraction of sp³-hybridized carbons (Fsp3) is 0.270. The number of aryl methyl sites for hydroxylation is 1. The molecule has 7 heteroatoms. The molecule has 0 aliphatic carbocycles. The first-order chi connectivity index (χ1) is 21.0. The molecular formula is C37H40ClN3O3. The zero-order chi connectivity index (χ0) is 29.8. The highest BCUT2D eigenvalue weighted by atomic mass is 35.5. The monoisotopic (exact) mass is 609 g/mol. The van der Waals surface area contributed by atoms with Crippen LogP contribution in [0.25, 0.3) is 22.0 Å². The summed E-state index contributed by atoms with van der Waals surface area (Å²) in [6.07, 6.45) is 4.04. The van der Waals surface area contributed by atoms with Gasteiger partial charge in [0.25, 0.3) is 0 Å². The van der Waals surface area contributed by atoms with Gasteiger partial charge >= 0.3 is 0 Å². The third-order valence-electron chi connectivity index (χ3n) is 8.27. The second kappa shape index (κ2) is 14.0. The van der Waals surface area contributed by atoms with Crippen LogP contribution in [0.4, 0.5) is 5.69 Å². The molecule has 6 rings (SSSR count). The minimum atomic E-state index is 0. The van der Waals surface area contributed by atoms with Gasteiger partial charge in [-0.25, -0.2) is 0 Å². The van der Waals surface area contributed by atoms with E-state index in [-0.39, 0.29) is 18.3 Å². The van der Waals surface area contributed by atoms with E-state index in [1.54, 1.807) is 7.11 Å². The van der Waals surface area contributed by atoms with Crippen molar-refractivity contribution in [2.24, 2.45) is 5.92 Å². The van der Waals surface area contributed by atoms with Crippen LogP contribution in [0.1, 0.15) is 23.1 Å². The average molecular weight is 610 g/mol. The second-order valence-electron chi connectivity index (χ2n) is 11.7. The Labute approximate surface area is 266 Å². The Bertz CT molecular complexity index is 1700. The Hall–Kier alpha value is -4.26. The molecule has 1 unspecified atom stereocenters. The predicted molar refractivity (Wildman–Crippen MR) is 181 cm³/mol. The normalized spacial score (nSPS) is 14.3. The van der Waals surface area contributed by atoms with Crippen LogP contribution in [0, 0.1) is 5.92 Å². The number of benzene rings is 4. The molecule has 1 aliphatic heterocycles. The summed E-state index contributed by atoms with van der Waals surface area (Å²) in [5.74, 6) is 2.10. The summed E-state index contributed by atoms with van der Waals surface area (Å²) in [6.45, 7) is 2.11. The third-order valence-corrected chi connectivity index (χ3v) is 8.27. The molecule has 0 spiro atoms. The molecule has 4 aromatic carbocycles. The number of fused-ring (bicyclic) bond motifs is 2. The molecule has 0 saturated heterocycles. The van der Waals surface area contributed by atoms with Crippen LogP contribution in [-0.4, -0.2) is 50.1 Å². The SMILES string of the molecule is COc1ccc2[nH]cc(CCC(=O)N3CC(CN(C)C)Cc4ccc(OCc5ccc(-c6ccccc6)cc5)cc43)c2c1.Cl. The van der Waals surface area contributed by atoms with E-state index in [1.165, 1.54) is 16.7 Å². The highest BCUT2D eigenvalue weighted by Crippen LogP contribution is 2.35. The maximum absolute atomic E-state index is 13.8. The third kappa shape index (κ3) is 7.09. The minimum absolute atomic E-state index is 0. The Morgan fingerprint density at radius 2 is 1.68 bits per heavy atom. The number of H-pyrrole nitrogens is 1. The fourth-order valence-electron chi connectivity index (χ4n) is 6.12. The first kappa shape index (κ1) is 31.2. The topological polar surface area (TPSA) is 57.8 Å². The number of hydrogen-bond donors (Lipinski definition) is 1. The molecule has 0 fully saturated rings. The summed E-state index contributed by atoms with van der Waals surface area (Å²) in [6, 6.07) is 31.1. The smallest absolute Gasteiger partial charge is 0.227 e. The molecule has 2 heterocycles. The number of hydrogen-bond acceptors (Lipinski definition) is 4. The number of halogens is 1. The lowest BCUT2D eigenvalue weighted by Crippen LogP contribution is -2.43. The van der Waals surface area contributed by atoms with Crippen molar-refractivity contribution < 1.29 is 14.3 Å². The number of rotatable bonds is 10. The Kier molecular flexibility index (Phi) is 9.93. The first-order valence-corrected chi connectivity index (χ1v) is 15.0. The summed E-state index contributed by atoms with van der Waals surface area (Å²) >= 11 is 0. The number of nitrogens with one attached hydrogen (secondary N) is 1. The van der Waals surface area contributed by atoms with Gasteiger partial charge in [-0.3, -0.25) is 4.79 Å². The van der Waals surface area contributed by atoms with Crippen LogP contribution >= 0.6 is 12.4 Å². The van der Waals surface area contributed by atoms with Gasteiger partial charge in [0, 0.05) is 42.7 Å². The quantitative estimate of drug-likeness (QED) is 0.178. The summed E-state index contributed by atoms with van der Waals surface area (Å²) < 4.78 is 11.7. The van der Waals surface area contributed by atoms with Crippen molar-refractivity contribution in [1.29, 1.82) is 0 Å². The van der Waals surface area contributed by atoms with Gasteiger partial charge in [0.1, 0.15) is 18.1 Å². The van der Waals surface area contributed by atoms with Crippen LogP contribution in [0.5, 0.6) is 11.5 Å². The molecule has 1 aromatic heterocycles. The number of anilines is 1. The molecule has 0 bridgehead atoms. The molecule has 0 saturated carbocycles. The zero-order valence-electron chi connectivity index (χ0n) is 25.6. The van der Waals surface area contributed by atoms with Crippen LogP contribution in [0.3, 0.4) is 0 Å². The van der Waals surface area contributed by atoms with Gasteiger partial charge in [0.15, 0.2) is 0 Å². The van der Waals surface area contributed by atoms with E-state index >= 15 is 0 Å². The van der Waals surface area contributed by atoms with Gasteiger partial charge in [-0.1, -0.05) is 60.7 Å². The molecule has 44 heavy (non-hydrogen) atoms. The molecule has 1 atom stereocenters. The van der Waals surface area contributed by atoms with E-state index < -0.39 is 0 Å². The lowest BCUT2D eigenvalue weighted by Gasteiger charge is -2.36. The fourth-order valence-corrected chi connectivity index (χ4v) is 6.12. The van der Waals surface area contributed by atoms with Crippen molar-refractivity contribution in [3.63, 3.8) is 0 Å². The molecule has 5 aromatic rings. The summed E-state index contributed by atoms with van der Waals surface area (Å²) in [5, 5.41) is 1.10. The molecular weight excluding hydrogens is 570 g/mol. The number of nitrogens with zero attached hydrogens (tertiary/aromatic N) is 2. The van der Waals surface area contributed by atoms with Gasteiger partial charge in [0.05, 0.1) is 12.8 Å². The summed E-state index contributed by atoms with van der Waals surface area (Å²) in [5.41, 5.74) is 7.83. The van der Waals surface area contributed by atoms with Gasteiger partial charge in [-0.2, -0.15) is 0 Å². The molecule has 6 nitrogen and oxygen atoms in total. The van der Waals surface area contributed by atoms with Crippen molar-refractivity contribution in [1.82, 2.24) is 9.88 Å². The average Bonchev–Trinajstić information content (AvgIpc) is 3.44. The van der Waals surface area contributed by atoms with Crippen molar-refractivity contribution >= 4 is 34.9 Å². The standard InChI is InChI=1S/C37H39N3O3.ClH/c1-39(2)23-27-19-30-13-15-33(43-25-26-9-11-29(12-10-26)28-7-5-4-6-8-28)21-36(30)40(24-27)37(41)18-14-31-22-38-35-17-16-32(42-3)20-34(31)35;/h4-13,15-17,20-22,27,38H,14,18-19,23-25H2,1-3H3;1H. The molecule has 0 radical (unpaired) electrons. The highest BCUT2D eigenvalue weighted by molar-refractivity contribution is 5.95. The molecule has 1 amide bonds. The first-order valence-electron chi connectivity index (χ1n) is 15.0. The lowest BCUT2D eigenvalue weighted by atomic mass is 9.91. The number of aromatic nitrogens is 1. The minimum Gasteiger partial charge on any atom is -0.497 e. The number of carbonyl (C=O) groups excluding carboxylic acids is 1. The van der Waals surface area contributed by atoms with Crippen LogP contribution in [0.15, 0.2) is 97.2 Å². The van der Waals surface area contributed by atoms with E-state index in [2.05, 4.69) is 78.6 Å². The number of carbonyl (C=O) groups is 1. The van der Waals surface area contributed by atoms with Crippen molar-refractivity contribution in [3.05, 3.63) is 114 Å². The van der Waals surface area contributed by atoms with Crippen molar-refractivity contribution in [2.75, 3.05) is 39.2 Å². The lowest BCUT2D eigenvalue weighted by molar-refractivity contribution is -0.118. The van der Waals surface area contributed by atoms with Crippen molar-refractivity contribution in [2.45, 2.75) is 25.9 Å².